The summed E-state index contributed by atoms with van der Waals surface area (Å²) in [4.78, 5) is 13.1. The second-order valence-electron chi connectivity index (χ2n) is 9.09. The Morgan fingerprint density at radius 3 is 2.38 bits per heavy atom. The molecule has 2 aromatic rings. The zero-order valence-electron chi connectivity index (χ0n) is 19.8. The number of hydrogen-bond acceptors (Lipinski definition) is 4. The molecule has 186 valence electrons. The van der Waals surface area contributed by atoms with E-state index in [1.807, 2.05) is 24.3 Å². The summed E-state index contributed by atoms with van der Waals surface area (Å²) in [5.74, 6) is -0.357. The van der Waals surface area contributed by atoms with E-state index in [9.17, 15) is 17.6 Å². The molecule has 1 aliphatic rings. The number of rotatable bonds is 9. The minimum atomic E-state index is -3.75. The van der Waals surface area contributed by atoms with Crippen molar-refractivity contribution in [2.24, 2.45) is 11.8 Å². The summed E-state index contributed by atoms with van der Waals surface area (Å²) in [5.41, 5.74) is 0.977. The molecule has 0 saturated carbocycles. The van der Waals surface area contributed by atoms with Crippen molar-refractivity contribution in [3.8, 4) is 5.75 Å². The summed E-state index contributed by atoms with van der Waals surface area (Å²) in [5, 5.41) is 3.26. The van der Waals surface area contributed by atoms with Crippen molar-refractivity contribution in [3.63, 3.8) is 0 Å². The van der Waals surface area contributed by atoms with Gasteiger partial charge in [0, 0.05) is 29.6 Å². The molecule has 34 heavy (non-hydrogen) atoms. The van der Waals surface area contributed by atoms with E-state index in [4.69, 9.17) is 16.3 Å². The average molecular weight is 511 g/mol. The number of amides is 1. The smallest absolute Gasteiger partial charge is 0.223 e. The quantitative estimate of drug-likeness (QED) is 0.519. The van der Waals surface area contributed by atoms with Crippen LogP contribution in [0.5, 0.6) is 5.75 Å². The van der Waals surface area contributed by atoms with Gasteiger partial charge >= 0.3 is 0 Å². The first-order chi connectivity index (χ1) is 16.1. The van der Waals surface area contributed by atoms with Gasteiger partial charge in [0.05, 0.1) is 18.9 Å². The largest absolute Gasteiger partial charge is 0.497 e. The molecule has 0 aliphatic carbocycles. The highest BCUT2D eigenvalue weighted by Gasteiger charge is 2.33. The van der Waals surface area contributed by atoms with Crippen molar-refractivity contribution in [3.05, 3.63) is 64.4 Å². The van der Waals surface area contributed by atoms with Crippen LogP contribution in [-0.4, -0.2) is 38.8 Å². The van der Waals surface area contributed by atoms with Gasteiger partial charge in [-0.2, -0.15) is 0 Å². The molecule has 0 bridgehead atoms. The molecule has 6 nitrogen and oxygen atoms in total. The summed E-state index contributed by atoms with van der Waals surface area (Å²) in [6.45, 7) is 4.63. The van der Waals surface area contributed by atoms with E-state index >= 15 is 0 Å². The van der Waals surface area contributed by atoms with Crippen molar-refractivity contribution < 1.29 is 22.3 Å². The first kappa shape index (κ1) is 26.4. The van der Waals surface area contributed by atoms with E-state index in [2.05, 4.69) is 19.2 Å². The van der Waals surface area contributed by atoms with Crippen LogP contribution in [0.2, 0.25) is 5.02 Å². The summed E-state index contributed by atoms with van der Waals surface area (Å²) in [7, 11) is -2.14. The summed E-state index contributed by atoms with van der Waals surface area (Å²) < 4.78 is 46.4. The summed E-state index contributed by atoms with van der Waals surface area (Å²) >= 11 is 6.01. The number of sulfonamides is 1. The van der Waals surface area contributed by atoms with Crippen LogP contribution < -0.4 is 10.1 Å². The Hall–Kier alpha value is -2.16. The Morgan fingerprint density at radius 1 is 1.18 bits per heavy atom. The monoisotopic (exact) mass is 510 g/mol. The van der Waals surface area contributed by atoms with Crippen molar-refractivity contribution in [1.29, 1.82) is 0 Å². The maximum atomic E-state index is 14.1. The number of benzene rings is 2. The van der Waals surface area contributed by atoms with Gasteiger partial charge < -0.3 is 10.1 Å². The molecule has 1 aliphatic heterocycles. The first-order valence-corrected chi connectivity index (χ1v) is 13.4. The lowest BCUT2D eigenvalue weighted by Crippen LogP contribution is -2.44. The lowest BCUT2D eigenvalue weighted by atomic mass is 9.93. The molecule has 1 heterocycles. The summed E-state index contributed by atoms with van der Waals surface area (Å²) in [6.07, 6.45) is 1.61. The third kappa shape index (κ3) is 6.71. The number of nitrogens with zero attached hydrogens (tertiary/aromatic N) is 1. The maximum absolute atomic E-state index is 14.1. The highest BCUT2D eigenvalue weighted by molar-refractivity contribution is 7.88. The normalized spacial score (nSPS) is 16.4. The van der Waals surface area contributed by atoms with Crippen LogP contribution in [0.25, 0.3) is 0 Å². The lowest BCUT2D eigenvalue weighted by molar-refractivity contribution is -0.127. The highest BCUT2D eigenvalue weighted by atomic mass is 35.5. The molecule has 1 atom stereocenters. The van der Waals surface area contributed by atoms with Crippen LogP contribution in [0.15, 0.2) is 42.5 Å². The van der Waals surface area contributed by atoms with Crippen LogP contribution in [-0.2, 0) is 20.6 Å². The molecule has 3 rings (SSSR count). The fourth-order valence-corrected chi connectivity index (χ4v) is 6.13. The van der Waals surface area contributed by atoms with Crippen molar-refractivity contribution in [2.45, 2.75) is 44.9 Å². The average Bonchev–Trinajstić information content (AvgIpc) is 2.81. The predicted octanol–water partition coefficient (Wildman–Crippen LogP) is 4.93. The molecule has 0 unspecified atom stereocenters. The fraction of sp³-hybridized carbons (Fsp3) is 0.480. The second kappa shape index (κ2) is 11.5. The number of ether oxygens (including phenoxy) is 1. The Balaban J connectivity index is 1.62. The van der Waals surface area contributed by atoms with Gasteiger partial charge in [-0.05, 0) is 55.0 Å². The van der Waals surface area contributed by atoms with Crippen LogP contribution >= 0.6 is 11.6 Å². The SMILES string of the molecule is COc1ccc([C@H](CC(C)C)NC(=O)C2CCN(S(=O)(=O)Cc3c(F)cccc3Cl)CC2)cc1. The van der Waals surface area contributed by atoms with Gasteiger partial charge in [-0.3, -0.25) is 4.79 Å². The van der Waals surface area contributed by atoms with E-state index in [1.165, 1.54) is 22.5 Å². The zero-order chi connectivity index (χ0) is 24.9. The van der Waals surface area contributed by atoms with Crippen molar-refractivity contribution in [1.82, 2.24) is 9.62 Å². The van der Waals surface area contributed by atoms with Gasteiger partial charge in [-0.1, -0.05) is 43.6 Å². The fourth-order valence-electron chi connectivity index (χ4n) is 4.22. The molecule has 0 aromatic heterocycles. The Morgan fingerprint density at radius 2 is 1.82 bits per heavy atom. The molecule has 1 fully saturated rings. The molecule has 2 aromatic carbocycles. The lowest BCUT2D eigenvalue weighted by Gasteiger charge is -2.32. The number of piperidine rings is 1. The number of carbonyl (C=O) groups excluding carboxylic acids is 1. The minimum Gasteiger partial charge on any atom is -0.497 e. The Kier molecular flexibility index (Phi) is 8.95. The van der Waals surface area contributed by atoms with Gasteiger partial charge in [0.15, 0.2) is 0 Å². The van der Waals surface area contributed by atoms with Crippen LogP contribution in [0.3, 0.4) is 0 Å². The molecule has 1 amide bonds. The Bertz CT molecular complexity index is 1060. The van der Waals surface area contributed by atoms with Gasteiger partial charge in [0.2, 0.25) is 15.9 Å². The molecule has 1 N–H and O–H groups in total. The van der Waals surface area contributed by atoms with E-state index in [-0.39, 0.29) is 41.5 Å². The third-order valence-electron chi connectivity index (χ3n) is 6.15. The van der Waals surface area contributed by atoms with Crippen LogP contribution in [0, 0.1) is 17.7 Å². The van der Waals surface area contributed by atoms with Gasteiger partial charge in [-0.15, -0.1) is 0 Å². The minimum absolute atomic E-state index is 0.0277. The van der Waals surface area contributed by atoms with E-state index in [1.54, 1.807) is 7.11 Å². The van der Waals surface area contributed by atoms with Crippen molar-refractivity contribution in [2.75, 3.05) is 20.2 Å². The number of methoxy groups -OCH3 is 1. The first-order valence-electron chi connectivity index (χ1n) is 11.5. The van der Waals surface area contributed by atoms with E-state index < -0.39 is 21.6 Å². The zero-order valence-corrected chi connectivity index (χ0v) is 21.3. The van der Waals surface area contributed by atoms with Crippen LogP contribution in [0.1, 0.15) is 50.3 Å². The maximum Gasteiger partial charge on any atom is 0.223 e. The standard InChI is InChI=1S/C25H32ClFN2O4S/c1-17(2)15-24(18-7-9-20(33-3)10-8-18)28-25(30)19-11-13-29(14-12-19)34(31,32)16-21-22(26)5-4-6-23(21)27/h4-10,17,19,24H,11-16H2,1-3H3,(H,28,30)/t24-/m0/s1. The molecular weight excluding hydrogens is 479 g/mol. The molecule has 0 spiro atoms. The molecule has 9 heteroatoms. The Labute approximate surface area is 206 Å². The van der Waals surface area contributed by atoms with Gasteiger partial charge in [-0.25, -0.2) is 17.1 Å². The van der Waals surface area contributed by atoms with E-state index in [0.29, 0.717) is 18.8 Å². The predicted molar refractivity (Wildman–Crippen MR) is 132 cm³/mol. The molecular formula is C25H32ClFN2O4S. The topological polar surface area (TPSA) is 75.7 Å². The number of nitrogens with one attached hydrogen (secondary N) is 1. The van der Waals surface area contributed by atoms with E-state index in [0.717, 1.165) is 17.7 Å². The van der Waals surface area contributed by atoms with Gasteiger partial charge in [0.25, 0.3) is 0 Å². The highest BCUT2D eigenvalue weighted by Crippen LogP contribution is 2.28. The number of hydrogen-bond donors (Lipinski definition) is 1. The number of carbonyl (C=O) groups is 1. The second-order valence-corrected chi connectivity index (χ2v) is 11.5. The van der Waals surface area contributed by atoms with Crippen LogP contribution in [0.4, 0.5) is 4.39 Å². The van der Waals surface area contributed by atoms with Gasteiger partial charge in [0.1, 0.15) is 11.6 Å². The molecule has 0 radical (unpaired) electrons. The molecule has 1 saturated heterocycles. The van der Waals surface area contributed by atoms with Crippen molar-refractivity contribution >= 4 is 27.5 Å². The third-order valence-corrected chi connectivity index (χ3v) is 8.31. The summed E-state index contributed by atoms with van der Waals surface area (Å²) in [6, 6.07) is 11.6. The number of halogens is 2.